The lowest BCUT2D eigenvalue weighted by Crippen LogP contribution is -2.50. The van der Waals surface area contributed by atoms with E-state index in [0.29, 0.717) is 37.8 Å². The number of nitrogens with one attached hydrogen (secondary N) is 1. The first-order chi connectivity index (χ1) is 17.4. The van der Waals surface area contributed by atoms with Crippen LogP contribution in [0.4, 0.5) is 18.0 Å². The normalized spacial score (nSPS) is 29.7. The molecule has 0 radical (unpaired) electrons. The minimum atomic E-state index is -4.89. The number of ether oxygens (including phenoxy) is 4. The molecule has 4 heterocycles. The van der Waals surface area contributed by atoms with Gasteiger partial charge in [0.1, 0.15) is 0 Å². The van der Waals surface area contributed by atoms with Gasteiger partial charge in [0, 0.05) is 30.1 Å². The molecule has 37 heavy (non-hydrogen) atoms. The van der Waals surface area contributed by atoms with Crippen molar-refractivity contribution in [2.75, 3.05) is 26.1 Å². The number of sulfonamides is 1. The van der Waals surface area contributed by atoms with Crippen LogP contribution < -0.4 is 14.2 Å². The van der Waals surface area contributed by atoms with Gasteiger partial charge in [0.15, 0.2) is 5.75 Å². The molecule has 0 spiro atoms. The molecule has 208 valence electrons. The summed E-state index contributed by atoms with van der Waals surface area (Å²) >= 11 is 0. The Kier molecular flexibility index (Phi) is 8.38. The molecule has 1 amide bonds. The number of nitrogens with zero attached hydrogens (tertiary/aromatic N) is 2. The summed E-state index contributed by atoms with van der Waals surface area (Å²) in [6.07, 6.45) is -1.17. The van der Waals surface area contributed by atoms with Crippen LogP contribution in [0.2, 0.25) is 0 Å². The molecule has 3 atom stereocenters. The van der Waals surface area contributed by atoms with E-state index in [1.807, 2.05) is 6.92 Å². The zero-order valence-electron chi connectivity index (χ0n) is 20.7. The van der Waals surface area contributed by atoms with Crippen LogP contribution in [0, 0.1) is 0 Å². The second-order valence-corrected chi connectivity index (χ2v) is 11.5. The van der Waals surface area contributed by atoms with Crippen molar-refractivity contribution in [2.24, 2.45) is 0 Å². The van der Waals surface area contributed by atoms with E-state index in [-0.39, 0.29) is 50.2 Å². The van der Waals surface area contributed by atoms with E-state index < -0.39 is 40.3 Å². The van der Waals surface area contributed by atoms with E-state index in [4.69, 9.17) is 14.2 Å². The Balaban J connectivity index is 1.54. The predicted octanol–water partition coefficient (Wildman–Crippen LogP) is 3.32. The summed E-state index contributed by atoms with van der Waals surface area (Å²) in [5, 5.41) is 0. The number of pyridine rings is 1. The number of carbonyl (C=O) groups is 1. The Labute approximate surface area is 213 Å². The monoisotopic (exact) mass is 551 g/mol. The van der Waals surface area contributed by atoms with Gasteiger partial charge in [0.25, 0.3) is 5.88 Å². The molecule has 1 unspecified atom stereocenters. The van der Waals surface area contributed by atoms with Gasteiger partial charge in [-0.2, -0.15) is 0 Å². The first-order valence-corrected chi connectivity index (χ1v) is 14.2. The minimum Gasteiger partial charge on any atom is -0.475 e. The molecule has 5 rings (SSSR count). The van der Waals surface area contributed by atoms with E-state index >= 15 is 0 Å². The second kappa shape index (κ2) is 11.2. The molecule has 2 fully saturated rings. The number of hydrogen-bond acceptors (Lipinski definition) is 8. The van der Waals surface area contributed by atoms with Crippen molar-refractivity contribution in [2.45, 2.75) is 82.0 Å². The molecule has 1 aliphatic carbocycles. The van der Waals surface area contributed by atoms with E-state index in [9.17, 15) is 26.4 Å². The molecule has 0 aromatic carbocycles. The van der Waals surface area contributed by atoms with Crippen molar-refractivity contribution in [3.05, 3.63) is 17.8 Å². The summed E-state index contributed by atoms with van der Waals surface area (Å²) in [5.41, 5.74) is 0.618. The zero-order valence-corrected chi connectivity index (χ0v) is 21.5. The quantitative estimate of drug-likeness (QED) is 0.608. The number of amides is 1. The Morgan fingerprint density at radius 2 is 1.84 bits per heavy atom. The molecule has 14 heteroatoms. The van der Waals surface area contributed by atoms with Gasteiger partial charge in [-0.15, -0.1) is 13.2 Å². The molecule has 10 nitrogen and oxygen atoms in total. The van der Waals surface area contributed by atoms with Gasteiger partial charge in [-0.1, -0.05) is 0 Å². The highest BCUT2D eigenvalue weighted by Crippen LogP contribution is 2.38. The fourth-order valence-electron chi connectivity index (χ4n) is 5.27. The van der Waals surface area contributed by atoms with Crippen LogP contribution in [0.15, 0.2) is 12.1 Å². The van der Waals surface area contributed by atoms with E-state index in [0.717, 1.165) is 6.26 Å². The smallest absolute Gasteiger partial charge is 0.475 e. The van der Waals surface area contributed by atoms with Crippen molar-refractivity contribution in [3.63, 3.8) is 0 Å². The molecule has 1 aromatic rings. The number of halogens is 3. The van der Waals surface area contributed by atoms with Gasteiger partial charge >= 0.3 is 12.5 Å². The maximum absolute atomic E-state index is 13.0. The molecule has 4 aliphatic rings. The lowest BCUT2D eigenvalue weighted by Gasteiger charge is -2.33. The Morgan fingerprint density at radius 1 is 1.14 bits per heavy atom. The van der Waals surface area contributed by atoms with Crippen LogP contribution in [-0.4, -0.2) is 81.1 Å². The van der Waals surface area contributed by atoms with E-state index in [2.05, 4.69) is 14.4 Å². The molecule has 3 aliphatic heterocycles. The van der Waals surface area contributed by atoms with Crippen LogP contribution in [0.3, 0.4) is 0 Å². The largest absolute Gasteiger partial charge is 0.573 e. The van der Waals surface area contributed by atoms with Crippen LogP contribution in [0.1, 0.15) is 57.1 Å². The highest BCUT2D eigenvalue weighted by molar-refractivity contribution is 7.88. The molecule has 1 N–H and O–H groups in total. The number of alkyl halides is 3. The SMILES string of the molecule is C[C@@H]1C[C@H](NS(C)(=O)=O)C2COC3CCC(CC3)c3ccc(OC(F)(F)F)c(n3)OCCCOC(=O)N21. The van der Waals surface area contributed by atoms with E-state index in [1.54, 1.807) is 0 Å². The Hall–Kier alpha value is -2.32. The van der Waals surface area contributed by atoms with Crippen molar-refractivity contribution >= 4 is 16.1 Å². The number of fused-ring (bicyclic) bond motifs is 8. The number of rotatable bonds is 3. The topological polar surface area (TPSA) is 116 Å². The van der Waals surface area contributed by atoms with Crippen LogP contribution in [0.25, 0.3) is 0 Å². The third-order valence-electron chi connectivity index (χ3n) is 6.89. The number of hydrogen-bond donors (Lipinski definition) is 1. The fourth-order valence-corrected chi connectivity index (χ4v) is 6.07. The maximum atomic E-state index is 13.0. The zero-order chi connectivity index (χ0) is 26.8. The highest BCUT2D eigenvalue weighted by Gasteiger charge is 2.44. The van der Waals surface area contributed by atoms with Gasteiger partial charge in [0.2, 0.25) is 10.0 Å². The standard InChI is InChI=1S/C23H32F3N3O7S/c1-14-12-18(28-37(2,31)32)19-13-35-16-6-4-15(5-7-16)17-8-9-20(36-23(24,25)26)21(27-17)33-10-3-11-34-22(30)29(14)19/h8-9,14-16,18-19,28H,3-7,10-13H2,1-2H3/t14-,15?,16?,18+,19?/m1/s1. The average Bonchev–Trinajstić information content (AvgIpc) is 3.10. The maximum Gasteiger partial charge on any atom is 0.573 e. The van der Waals surface area contributed by atoms with Crippen molar-refractivity contribution in [3.8, 4) is 11.6 Å². The summed E-state index contributed by atoms with van der Waals surface area (Å²) in [6, 6.07) is 1.39. The third kappa shape index (κ3) is 7.38. The van der Waals surface area contributed by atoms with Crippen LogP contribution in [-0.2, 0) is 19.5 Å². The molecule has 4 bridgehead atoms. The molecular weight excluding hydrogens is 519 g/mol. The lowest BCUT2D eigenvalue weighted by atomic mass is 9.85. The first-order valence-electron chi connectivity index (χ1n) is 12.3. The van der Waals surface area contributed by atoms with E-state index in [1.165, 1.54) is 17.0 Å². The van der Waals surface area contributed by atoms with Crippen molar-refractivity contribution < 1.29 is 45.3 Å². The lowest BCUT2D eigenvalue weighted by molar-refractivity contribution is -0.275. The molecule has 1 aromatic heterocycles. The van der Waals surface area contributed by atoms with Crippen LogP contribution >= 0.6 is 0 Å². The van der Waals surface area contributed by atoms with Crippen LogP contribution in [0.5, 0.6) is 11.6 Å². The fraction of sp³-hybridized carbons (Fsp3) is 0.739. The average molecular weight is 552 g/mol. The second-order valence-electron chi connectivity index (χ2n) is 9.77. The molecular formula is C23H32F3N3O7S. The summed E-state index contributed by atoms with van der Waals surface area (Å²) in [4.78, 5) is 18.8. The number of aromatic nitrogens is 1. The Bertz CT molecular complexity index is 1060. The number of carbonyl (C=O) groups excluding carboxylic acids is 1. The summed E-state index contributed by atoms with van der Waals surface area (Å²) < 4.78 is 86.3. The third-order valence-corrected chi connectivity index (χ3v) is 7.62. The van der Waals surface area contributed by atoms with Gasteiger partial charge in [-0.05, 0) is 51.2 Å². The first kappa shape index (κ1) is 27.7. The predicted molar refractivity (Wildman–Crippen MR) is 125 cm³/mol. The van der Waals surface area contributed by atoms with Crippen molar-refractivity contribution in [1.29, 1.82) is 0 Å². The van der Waals surface area contributed by atoms with Crippen molar-refractivity contribution in [1.82, 2.24) is 14.6 Å². The van der Waals surface area contributed by atoms with Gasteiger partial charge < -0.3 is 18.9 Å². The molecule has 1 saturated carbocycles. The van der Waals surface area contributed by atoms with Gasteiger partial charge in [-0.25, -0.2) is 22.9 Å². The van der Waals surface area contributed by atoms with Gasteiger partial charge in [0.05, 0.1) is 38.2 Å². The summed E-state index contributed by atoms with van der Waals surface area (Å²) in [7, 11) is -3.51. The minimum absolute atomic E-state index is 0.0189. The summed E-state index contributed by atoms with van der Waals surface area (Å²) in [5.74, 6) is -0.765. The highest BCUT2D eigenvalue weighted by atomic mass is 32.2. The van der Waals surface area contributed by atoms with Gasteiger partial charge in [-0.3, -0.25) is 4.90 Å². The summed E-state index contributed by atoms with van der Waals surface area (Å²) in [6.45, 7) is 1.86. The Morgan fingerprint density at radius 3 is 2.51 bits per heavy atom. The molecule has 1 saturated heterocycles.